The number of nitrogens with one attached hydrogen (secondary N) is 7. The molecule has 0 aromatic heterocycles. The Hall–Kier alpha value is -7.83. The van der Waals surface area contributed by atoms with E-state index in [1.165, 1.54) is 69.9 Å². The monoisotopic (exact) mass is 1100 g/mol. The third-order valence-corrected chi connectivity index (χ3v) is 12.8. The van der Waals surface area contributed by atoms with Gasteiger partial charge in [-0.1, -0.05) is 6.42 Å². The number of amides is 7. The molecule has 0 fully saturated rings. The van der Waals surface area contributed by atoms with Gasteiger partial charge in [0.1, 0.15) is 41.1 Å². The second-order valence-electron chi connectivity index (χ2n) is 18.7. The molecule has 0 aliphatic heterocycles. The number of aryl methyl sites for hydroxylation is 1. The molecule has 0 bridgehead atoms. The number of unbranched alkanes of at least 4 members (excludes halogenated alkanes) is 4. The van der Waals surface area contributed by atoms with Crippen LogP contribution in [0.2, 0.25) is 0 Å². The Labute approximate surface area is 461 Å². The largest absolute Gasteiger partial charge is 0.496 e. The number of carbonyl (C=O) groups is 7. The van der Waals surface area contributed by atoms with Gasteiger partial charge >= 0.3 is 0 Å². The van der Waals surface area contributed by atoms with Crippen molar-refractivity contribution in [2.45, 2.75) is 108 Å². The van der Waals surface area contributed by atoms with Gasteiger partial charge in [0.15, 0.2) is 0 Å². The summed E-state index contributed by atoms with van der Waals surface area (Å²) in [7, 11) is 5.68. The Kier molecular flexibility index (Phi) is 27.0. The summed E-state index contributed by atoms with van der Waals surface area (Å²) < 4.78 is 21.9. The first-order chi connectivity index (χ1) is 38.0. The lowest BCUT2D eigenvalue weighted by Crippen LogP contribution is -2.44. The maximum absolute atomic E-state index is 14.2. The fourth-order valence-electron chi connectivity index (χ4n) is 8.40. The molecule has 0 aliphatic rings. The molecular weight excluding hydrogens is 1020 g/mol. The highest BCUT2D eigenvalue weighted by Gasteiger charge is 2.28. The quantitative estimate of drug-likeness (QED) is 0.0294. The molecule has 17 N–H and O–H groups in total. The third kappa shape index (κ3) is 19.9. The summed E-state index contributed by atoms with van der Waals surface area (Å²) in [5.41, 5.74) is 31.0. The number of methoxy groups -OCH3 is 4. The van der Waals surface area contributed by atoms with Crippen LogP contribution in [0.15, 0.2) is 72.8 Å². The molecule has 4 aromatic carbocycles. The topological polar surface area (TPSA) is 371 Å². The van der Waals surface area contributed by atoms with Gasteiger partial charge in [0.25, 0.3) is 17.7 Å². The lowest BCUT2D eigenvalue weighted by molar-refractivity contribution is -0.118. The Morgan fingerprint density at radius 3 is 0.962 bits per heavy atom. The second-order valence-corrected chi connectivity index (χ2v) is 18.7. The van der Waals surface area contributed by atoms with Crippen LogP contribution in [-0.4, -0.2) is 120 Å². The second kappa shape index (κ2) is 33.5. The van der Waals surface area contributed by atoms with Crippen molar-refractivity contribution in [2.24, 2.45) is 28.7 Å². The predicted octanol–water partition coefficient (Wildman–Crippen LogP) is 4.02. The SMILES string of the molecule is COc1ccc(NC(=O)[C@H](CCCCN)NC(=O)c2cc(NC(=O)[C@H](CCCCN)NC(=O)c3cc(NC(=O)[C@H](CCCCN)NC(=O)c4cc(NC(=O)[C@@H](N)CCCCN)ccc4OC)ccc3OC)ccc2OC)cc1C. The summed E-state index contributed by atoms with van der Waals surface area (Å²) in [5, 5.41) is 19.6. The van der Waals surface area contributed by atoms with Gasteiger partial charge in [-0.05, 0) is 182 Å². The molecule has 0 spiro atoms. The van der Waals surface area contributed by atoms with Gasteiger partial charge in [0, 0.05) is 22.7 Å². The van der Waals surface area contributed by atoms with Gasteiger partial charge in [-0.2, -0.15) is 0 Å². The normalized spacial score (nSPS) is 12.4. The highest BCUT2D eigenvalue weighted by atomic mass is 16.5. The van der Waals surface area contributed by atoms with Crippen LogP contribution >= 0.6 is 0 Å². The Morgan fingerprint density at radius 1 is 0.392 bits per heavy atom. The lowest BCUT2D eigenvalue weighted by Gasteiger charge is -2.22. The summed E-state index contributed by atoms with van der Waals surface area (Å²) in [5.74, 6) is -3.04. The Balaban J connectivity index is 1.54. The average molecular weight is 1100 g/mol. The van der Waals surface area contributed by atoms with Crippen molar-refractivity contribution in [3.63, 3.8) is 0 Å². The van der Waals surface area contributed by atoms with Crippen LogP contribution in [0.5, 0.6) is 23.0 Å². The van der Waals surface area contributed by atoms with Crippen LogP contribution in [-0.2, 0) is 19.2 Å². The molecule has 0 saturated heterocycles. The van der Waals surface area contributed by atoms with E-state index >= 15 is 0 Å². The molecule has 0 radical (unpaired) electrons. The summed E-state index contributed by atoms with van der Waals surface area (Å²) in [6, 6.07) is 14.5. The van der Waals surface area contributed by atoms with Gasteiger partial charge in [-0.3, -0.25) is 33.6 Å². The number of carbonyl (C=O) groups excluding carboxylic acids is 7. The summed E-state index contributed by atoms with van der Waals surface area (Å²) >= 11 is 0. The zero-order valence-corrected chi connectivity index (χ0v) is 45.9. The highest BCUT2D eigenvalue weighted by Crippen LogP contribution is 2.28. The molecule has 79 heavy (non-hydrogen) atoms. The smallest absolute Gasteiger partial charge is 0.255 e. The van der Waals surface area contributed by atoms with E-state index < -0.39 is 65.5 Å². The minimum atomic E-state index is -1.14. The number of nitrogens with two attached hydrogens (primary N) is 5. The Morgan fingerprint density at radius 2 is 0.671 bits per heavy atom. The van der Waals surface area contributed by atoms with Crippen molar-refractivity contribution >= 4 is 64.1 Å². The number of hydrogen-bond donors (Lipinski definition) is 12. The van der Waals surface area contributed by atoms with Gasteiger partial charge < -0.3 is 84.8 Å². The van der Waals surface area contributed by atoms with Crippen molar-refractivity contribution < 1.29 is 52.5 Å². The van der Waals surface area contributed by atoms with Crippen molar-refractivity contribution in [3.8, 4) is 23.0 Å². The molecule has 4 rings (SSSR count). The number of hydrogen-bond acceptors (Lipinski definition) is 16. The van der Waals surface area contributed by atoms with Crippen LogP contribution in [0.25, 0.3) is 0 Å². The molecule has 0 heterocycles. The number of ether oxygens (including phenoxy) is 4. The average Bonchev–Trinajstić information content (AvgIpc) is 3.46. The van der Waals surface area contributed by atoms with E-state index in [9.17, 15) is 33.6 Å². The fourth-order valence-corrected chi connectivity index (χ4v) is 8.40. The van der Waals surface area contributed by atoms with Gasteiger partial charge in [0.05, 0.1) is 51.2 Å². The van der Waals surface area contributed by atoms with Crippen LogP contribution in [0, 0.1) is 6.92 Å². The molecule has 7 amide bonds. The van der Waals surface area contributed by atoms with E-state index in [1.807, 2.05) is 6.92 Å². The predicted molar refractivity (Wildman–Crippen MR) is 305 cm³/mol. The molecule has 0 aliphatic carbocycles. The Bertz CT molecular complexity index is 2690. The lowest BCUT2D eigenvalue weighted by atomic mass is 10.1. The zero-order chi connectivity index (χ0) is 57.9. The number of anilines is 4. The van der Waals surface area contributed by atoms with E-state index in [1.54, 1.807) is 31.4 Å². The third-order valence-electron chi connectivity index (χ3n) is 12.8. The maximum Gasteiger partial charge on any atom is 0.255 e. The molecule has 4 atom stereocenters. The van der Waals surface area contributed by atoms with E-state index in [2.05, 4.69) is 37.2 Å². The first-order valence-corrected chi connectivity index (χ1v) is 26.5. The number of benzene rings is 4. The van der Waals surface area contributed by atoms with Crippen LogP contribution in [0.4, 0.5) is 22.7 Å². The molecule has 0 unspecified atom stereocenters. The molecule has 430 valence electrons. The van der Waals surface area contributed by atoms with Crippen molar-refractivity contribution in [3.05, 3.63) is 95.1 Å². The minimum absolute atomic E-state index is 0.0242. The maximum atomic E-state index is 14.2. The van der Waals surface area contributed by atoms with E-state index in [-0.39, 0.29) is 70.3 Å². The fraction of sp³-hybridized carbons (Fsp3) is 0.446. The van der Waals surface area contributed by atoms with Crippen LogP contribution in [0.3, 0.4) is 0 Å². The first kappa shape index (κ1) is 63.7. The minimum Gasteiger partial charge on any atom is -0.496 e. The summed E-state index contributed by atoms with van der Waals surface area (Å²) in [6.45, 7) is 3.39. The number of rotatable bonds is 34. The molecule has 23 nitrogen and oxygen atoms in total. The van der Waals surface area contributed by atoms with Crippen molar-refractivity contribution in [1.29, 1.82) is 0 Å². The van der Waals surface area contributed by atoms with Gasteiger partial charge in [-0.25, -0.2) is 0 Å². The van der Waals surface area contributed by atoms with E-state index in [0.717, 1.165) is 12.0 Å². The van der Waals surface area contributed by atoms with Crippen LogP contribution in [0.1, 0.15) is 114 Å². The zero-order valence-electron chi connectivity index (χ0n) is 45.9. The molecule has 0 saturated carbocycles. The molecule has 4 aromatic rings. The molecule has 23 heteroatoms. The molecular formula is C56H80N12O11. The van der Waals surface area contributed by atoms with E-state index in [4.69, 9.17) is 47.6 Å². The summed E-state index contributed by atoms with van der Waals surface area (Å²) in [6.07, 6.45) is 5.63. The van der Waals surface area contributed by atoms with Crippen molar-refractivity contribution in [1.82, 2.24) is 16.0 Å². The van der Waals surface area contributed by atoms with Gasteiger partial charge in [-0.15, -0.1) is 0 Å². The standard InChI is InChI=1S/C56H80N12O11/c1-34-30-35(18-22-46(34)76-2)63-54(73)43(15-7-11-27-58)66-51(70)40-32-37(20-24-48(40)78-4)65-56(75)45(17-9-13-29-60)68-52(71)41-33-38(21-25-49(41)79-5)64-55(74)44(16-8-12-28-59)67-50(69)39-31-36(19-23-47(39)77-3)62-53(72)42(61)14-6-10-26-57/h18-25,30-33,42-45H,6-17,26-29,57-61H2,1-5H3,(H,62,72)(H,63,73)(H,64,74)(H,65,75)(H,66,70)(H,67,69)(H,68,71)/t42-,43-,44-,45-/m0/s1. The van der Waals surface area contributed by atoms with Crippen LogP contribution < -0.4 is 84.8 Å². The summed E-state index contributed by atoms with van der Waals surface area (Å²) in [4.78, 5) is 96.9. The van der Waals surface area contributed by atoms with Gasteiger partial charge in [0.2, 0.25) is 23.6 Å². The first-order valence-electron chi connectivity index (χ1n) is 26.5. The highest BCUT2D eigenvalue weighted by molar-refractivity contribution is 6.07. The van der Waals surface area contributed by atoms with E-state index in [0.29, 0.717) is 89.0 Å². The van der Waals surface area contributed by atoms with Crippen molar-refractivity contribution in [2.75, 3.05) is 75.9 Å².